The van der Waals surface area contributed by atoms with Crippen LogP contribution < -0.4 is 10.1 Å². The van der Waals surface area contributed by atoms with Crippen LogP contribution in [0, 0.1) is 18.6 Å². The maximum Gasteiger partial charge on any atom is 0.340 e. The van der Waals surface area contributed by atoms with E-state index in [-0.39, 0.29) is 23.7 Å². The van der Waals surface area contributed by atoms with Crippen molar-refractivity contribution >= 4 is 28.2 Å². The highest BCUT2D eigenvalue weighted by molar-refractivity contribution is 7.16. The Labute approximate surface area is 162 Å². The van der Waals surface area contributed by atoms with Gasteiger partial charge in [-0.3, -0.25) is 4.79 Å². The zero-order valence-electron chi connectivity index (χ0n) is 14.9. The molecule has 0 aliphatic carbocycles. The maximum atomic E-state index is 13.6. The van der Waals surface area contributed by atoms with Crippen molar-refractivity contribution in [3.05, 3.63) is 64.3 Å². The molecule has 1 aromatic carbocycles. The van der Waals surface area contributed by atoms with Gasteiger partial charge in [0.2, 0.25) is 0 Å². The summed E-state index contributed by atoms with van der Waals surface area (Å²) in [4.78, 5) is 25.0. The monoisotopic (exact) mass is 407 g/mol. The van der Waals surface area contributed by atoms with Crippen molar-refractivity contribution in [1.29, 1.82) is 0 Å². The standard InChI is InChI=1S/C18H15F2N3O4S/c1-10-7-12(18(25)26-2)17(28-10)21-16(24)14-5-6-23(22-14)9-27-15-4-3-11(19)8-13(15)20/h3-8H,9H2,1-2H3,(H,21,24). The highest BCUT2D eigenvalue weighted by Gasteiger charge is 2.19. The van der Waals surface area contributed by atoms with Crippen molar-refractivity contribution in [2.45, 2.75) is 13.7 Å². The molecule has 2 aromatic heterocycles. The number of anilines is 1. The molecule has 0 radical (unpaired) electrons. The molecule has 146 valence electrons. The van der Waals surface area contributed by atoms with Crippen LogP contribution in [-0.2, 0) is 11.5 Å². The van der Waals surface area contributed by atoms with E-state index in [1.165, 1.54) is 35.4 Å². The molecule has 3 aromatic rings. The molecule has 0 aliphatic heterocycles. The third kappa shape index (κ3) is 4.34. The molecule has 3 rings (SSSR count). The van der Waals surface area contributed by atoms with Crippen molar-refractivity contribution in [3.63, 3.8) is 0 Å². The van der Waals surface area contributed by atoms with Crippen LogP contribution in [0.15, 0.2) is 36.5 Å². The molecule has 0 unspecified atom stereocenters. The van der Waals surface area contributed by atoms with E-state index < -0.39 is 23.5 Å². The van der Waals surface area contributed by atoms with Gasteiger partial charge in [0.15, 0.2) is 24.0 Å². The second-order valence-electron chi connectivity index (χ2n) is 5.63. The second kappa shape index (κ2) is 8.17. The van der Waals surface area contributed by atoms with E-state index in [1.807, 2.05) is 0 Å². The third-order valence-corrected chi connectivity index (χ3v) is 4.57. The minimum Gasteiger partial charge on any atom is -0.468 e. The lowest BCUT2D eigenvalue weighted by atomic mass is 10.3. The van der Waals surface area contributed by atoms with Gasteiger partial charge in [-0.1, -0.05) is 0 Å². The topological polar surface area (TPSA) is 82.5 Å². The Bertz CT molecular complexity index is 1030. The first-order chi connectivity index (χ1) is 13.4. The molecule has 28 heavy (non-hydrogen) atoms. The molecule has 2 heterocycles. The predicted molar refractivity (Wildman–Crippen MR) is 97.6 cm³/mol. The molecule has 0 atom stereocenters. The van der Waals surface area contributed by atoms with Gasteiger partial charge in [0.05, 0.1) is 12.7 Å². The van der Waals surface area contributed by atoms with Crippen molar-refractivity contribution < 1.29 is 27.8 Å². The van der Waals surface area contributed by atoms with Gasteiger partial charge in [-0.25, -0.2) is 18.3 Å². The molecule has 0 spiro atoms. The molecule has 1 N–H and O–H groups in total. The molecule has 0 saturated heterocycles. The van der Waals surface area contributed by atoms with E-state index in [9.17, 15) is 18.4 Å². The molecule has 7 nitrogen and oxygen atoms in total. The zero-order chi connectivity index (χ0) is 20.3. The van der Waals surface area contributed by atoms with Gasteiger partial charge < -0.3 is 14.8 Å². The second-order valence-corrected chi connectivity index (χ2v) is 6.89. The highest BCUT2D eigenvalue weighted by Crippen LogP contribution is 2.28. The minimum absolute atomic E-state index is 0.0741. The fourth-order valence-corrected chi connectivity index (χ4v) is 3.21. The lowest BCUT2D eigenvalue weighted by Crippen LogP contribution is -2.15. The van der Waals surface area contributed by atoms with Gasteiger partial charge in [-0.15, -0.1) is 11.3 Å². The number of halogens is 2. The number of esters is 1. The van der Waals surface area contributed by atoms with Gasteiger partial charge in [-0.05, 0) is 31.2 Å². The summed E-state index contributed by atoms with van der Waals surface area (Å²) in [7, 11) is 1.26. The SMILES string of the molecule is COC(=O)c1cc(C)sc1NC(=O)c1ccn(COc2ccc(F)cc2F)n1. The summed E-state index contributed by atoms with van der Waals surface area (Å²) in [5.74, 6) is -2.77. The first kappa shape index (κ1) is 19.5. The molecule has 0 saturated carbocycles. The largest absolute Gasteiger partial charge is 0.468 e. The van der Waals surface area contributed by atoms with Crippen LogP contribution in [0.3, 0.4) is 0 Å². The number of hydrogen-bond acceptors (Lipinski definition) is 6. The number of rotatable bonds is 6. The zero-order valence-corrected chi connectivity index (χ0v) is 15.7. The quantitative estimate of drug-likeness (QED) is 0.632. The van der Waals surface area contributed by atoms with Gasteiger partial charge >= 0.3 is 5.97 Å². The molecule has 1 amide bonds. The number of amides is 1. The fraction of sp³-hybridized carbons (Fsp3) is 0.167. The molecule has 0 bridgehead atoms. The summed E-state index contributed by atoms with van der Waals surface area (Å²) in [5.41, 5.74) is 0.331. The Kier molecular flexibility index (Phi) is 5.69. The average molecular weight is 407 g/mol. The summed E-state index contributed by atoms with van der Waals surface area (Å²) in [5, 5.41) is 7.02. The van der Waals surface area contributed by atoms with Crippen molar-refractivity contribution in [2.75, 3.05) is 12.4 Å². The van der Waals surface area contributed by atoms with Crippen LogP contribution in [0.5, 0.6) is 5.75 Å². The number of carbonyl (C=O) groups excluding carboxylic acids is 2. The lowest BCUT2D eigenvalue weighted by molar-refractivity contribution is 0.0602. The van der Waals surface area contributed by atoms with E-state index in [2.05, 4.69) is 10.4 Å². The molecular formula is C18H15F2N3O4S. The number of benzene rings is 1. The van der Waals surface area contributed by atoms with E-state index in [1.54, 1.807) is 13.0 Å². The Hall–Kier alpha value is -3.27. The van der Waals surface area contributed by atoms with Crippen LogP contribution in [0.25, 0.3) is 0 Å². The highest BCUT2D eigenvalue weighted by atomic mass is 32.1. The van der Waals surface area contributed by atoms with Crippen LogP contribution in [-0.4, -0.2) is 28.8 Å². The summed E-state index contributed by atoms with van der Waals surface area (Å²) in [6, 6.07) is 6.00. The van der Waals surface area contributed by atoms with Crippen LogP contribution in [0.4, 0.5) is 13.8 Å². The number of methoxy groups -OCH3 is 1. The molecule has 0 aliphatic rings. The first-order valence-corrected chi connectivity index (χ1v) is 8.80. The number of nitrogens with one attached hydrogen (secondary N) is 1. The van der Waals surface area contributed by atoms with Crippen molar-refractivity contribution in [2.24, 2.45) is 0 Å². The molecule has 0 fully saturated rings. The third-order valence-electron chi connectivity index (χ3n) is 3.61. The summed E-state index contributed by atoms with van der Waals surface area (Å²) < 4.78 is 37.7. The van der Waals surface area contributed by atoms with Crippen LogP contribution in [0.1, 0.15) is 25.7 Å². The maximum absolute atomic E-state index is 13.6. The Balaban J connectivity index is 1.67. The normalized spacial score (nSPS) is 10.6. The van der Waals surface area contributed by atoms with Gasteiger partial charge in [0, 0.05) is 17.1 Å². The number of nitrogens with zero attached hydrogens (tertiary/aromatic N) is 2. The average Bonchev–Trinajstić information content (AvgIpc) is 3.27. The number of carbonyl (C=O) groups is 2. The van der Waals surface area contributed by atoms with E-state index in [0.717, 1.165) is 17.0 Å². The lowest BCUT2D eigenvalue weighted by Gasteiger charge is -2.07. The van der Waals surface area contributed by atoms with Crippen molar-refractivity contribution in [3.8, 4) is 5.75 Å². The van der Waals surface area contributed by atoms with Crippen LogP contribution >= 0.6 is 11.3 Å². The molecule has 10 heteroatoms. The van der Waals surface area contributed by atoms with E-state index >= 15 is 0 Å². The predicted octanol–water partition coefficient (Wildman–Crippen LogP) is 3.61. The smallest absolute Gasteiger partial charge is 0.340 e. The number of thiophene rings is 1. The fourth-order valence-electron chi connectivity index (χ4n) is 2.32. The summed E-state index contributed by atoms with van der Waals surface area (Å²) in [6.45, 7) is 1.62. The minimum atomic E-state index is -0.839. The number of hydrogen-bond donors (Lipinski definition) is 1. The van der Waals surface area contributed by atoms with E-state index in [0.29, 0.717) is 11.1 Å². The van der Waals surface area contributed by atoms with Crippen molar-refractivity contribution in [1.82, 2.24) is 9.78 Å². The Morgan fingerprint density at radius 2 is 2.04 bits per heavy atom. The number of aryl methyl sites for hydroxylation is 1. The van der Waals surface area contributed by atoms with Gasteiger partial charge in [-0.2, -0.15) is 5.10 Å². The Morgan fingerprint density at radius 3 is 2.75 bits per heavy atom. The number of ether oxygens (including phenoxy) is 2. The summed E-state index contributed by atoms with van der Waals surface area (Å²) in [6.07, 6.45) is 1.47. The van der Waals surface area contributed by atoms with Crippen LogP contribution in [0.2, 0.25) is 0 Å². The molecular weight excluding hydrogens is 392 g/mol. The number of aromatic nitrogens is 2. The first-order valence-electron chi connectivity index (χ1n) is 7.99. The van der Waals surface area contributed by atoms with E-state index in [4.69, 9.17) is 9.47 Å². The summed E-state index contributed by atoms with van der Waals surface area (Å²) >= 11 is 1.23. The Morgan fingerprint density at radius 1 is 1.25 bits per heavy atom. The van der Waals surface area contributed by atoms with Gasteiger partial charge in [0.25, 0.3) is 5.91 Å². The van der Waals surface area contributed by atoms with Gasteiger partial charge in [0.1, 0.15) is 10.8 Å².